The fourth-order valence-electron chi connectivity index (χ4n) is 4.43. The molecule has 0 spiro atoms. The third-order valence-corrected chi connectivity index (χ3v) is 7.22. The number of carboxylic acids is 1. The molecule has 0 aromatic heterocycles. The van der Waals surface area contributed by atoms with Gasteiger partial charge in [0.15, 0.2) is 11.5 Å². The Balaban J connectivity index is 1.38. The van der Waals surface area contributed by atoms with Gasteiger partial charge in [-0.15, -0.1) is 0 Å². The van der Waals surface area contributed by atoms with Crippen LogP contribution in [-0.4, -0.2) is 61.4 Å². The van der Waals surface area contributed by atoms with Crippen LogP contribution >= 0.6 is 0 Å². The van der Waals surface area contributed by atoms with Crippen molar-refractivity contribution in [3.05, 3.63) is 109 Å². The second-order valence-corrected chi connectivity index (χ2v) is 11.2. The molecule has 0 aliphatic carbocycles. The van der Waals surface area contributed by atoms with Crippen LogP contribution in [0, 0.1) is 0 Å². The Kier molecular flexibility index (Phi) is 18.0. The largest absolute Gasteiger partial charge is 0.494 e. The van der Waals surface area contributed by atoms with Crippen molar-refractivity contribution in [3.63, 3.8) is 0 Å². The van der Waals surface area contributed by atoms with E-state index in [1.54, 1.807) is 24.3 Å². The summed E-state index contributed by atoms with van der Waals surface area (Å²) >= 11 is 0. The highest BCUT2D eigenvalue weighted by Crippen LogP contribution is 2.22. The molecule has 0 fully saturated rings. The standard InChI is InChI=1S/C39H42O14/c1-3-35(40)48-25-11-7-5-9-23-46-29-14-18-31(19-15-29)50-52-38(44)28-13-22-33(34(27-28)37(42)43)39(45)53-51-32-20-16-30(17-21-32)47-24-10-6-8-12-26-49-36(41)4-2/h3-4,13-22,27H,1-2,5-12,23-26H2,(H,42,43). The molecule has 282 valence electrons. The van der Waals surface area contributed by atoms with Crippen molar-refractivity contribution in [2.45, 2.75) is 51.4 Å². The summed E-state index contributed by atoms with van der Waals surface area (Å²) in [4.78, 5) is 79.1. The molecular formula is C39H42O14. The highest BCUT2D eigenvalue weighted by molar-refractivity contribution is 6.04. The maximum atomic E-state index is 12.7. The fourth-order valence-corrected chi connectivity index (χ4v) is 4.43. The van der Waals surface area contributed by atoms with Crippen molar-refractivity contribution in [3.8, 4) is 23.0 Å². The molecule has 3 rings (SSSR count). The SMILES string of the molecule is C=CC(=O)OCCCCCCOc1ccc(OOC(=O)c2ccc(C(=O)OOc3ccc(OCCCCCCOC(=O)C=C)cc3)c(C(=O)O)c2)cc1. The summed E-state index contributed by atoms with van der Waals surface area (Å²) in [5.41, 5.74) is -1.08. The first-order valence-corrected chi connectivity index (χ1v) is 16.9. The van der Waals surface area contributed by atoms with Gasteiger partial charge >= 0.3 is 29.8 Å². The van der Waals surface area contributed by atoms with E-state index >= 15 is 0 Å². The molecule has 0 saturated heterocycles. The average Bonchev–Trinajstić information content (AvgIpc) is 3.18. The van der Waals surface area contributed by atoms with E-state index in [1.165, 1.54) is 30.3 Å². The van der Waals surface area contributed by atoms with Gasteiger partial charge in [0.25, 0.3) is 0 Å². The fraction of sp³-hybridized carbons (Fsp3) is 0.308. The normalized spacial score (nSPS) is 10.3. The molecule has 0 saturated carbocycles. The van der Waals surface area contributed by atoms with Crippen LogP contribution in [-0.2, 0) is 28.8 Å². The molecule has 0 amide bonds. The van der Waals surface area contributed by atoms with E-state index in [2.05, 4.69) is 13.2 Å². The number of ether oxygens (including phenoxy) is 4. The Morgan fingerprint density at radius 3 is 1.36 bits per heavy atom. The number of carbonyl (C=O) groups excluding carboxylic acids is 4. The Bertz CT molecular complexity index is 1660. The van der Waals surface area contributed by atoms with E-state index in [-0.39, 0.29) is 22.6 Å². The predicted octanol–water partition coefficient (Wildman–Crippen LogP) is 7.02. The van der Waals surface area contributed by atoms with Gasteiger partial charge in [0.05, 0.1) is 43.1 Å². The molecule has 3 aromatic carbocycles. The molecular weight excluding hydrogens is 692 g/mol. The number of rotatable bonds is 25. The number of aromatic carboxylic acids is 1. The smallest absolute Gasteiger partial charge is 0.387 e. The maximum absolute atomic E-state index is 12.7. The van der Waals surface area contributed by atoms with Gasteiger partial charge in [-0.05, 0) is 118 Å². The van der Waals surface area contributed by atoms with Crippen LogP contribution in [0.5, 0.6) is 23.0 Å². The Labute approximate surface area is 306 Å². The lowest BCUT2D eigenvalue weighted by atomic mass is 10.0. The van der Waals surface area contributed by atoms with Crippen LogP contribution in [0.4, 0.5) is 0 Å². The highest BCUT2D eigenvalue weighted by atomic mass is 17.2. The molecule has 0 bridgehead atoms. The van der Waals surface area contributed by atoms with E-state index < -0.39 is 35.4 Å². The van der Waals surface area contributed by atoms with Crippen LogP contribution in [0.15, 0.2) is 92.0 Å². The minimum absolute atomic E-state index is 0.158. The van der Waals surface area contributed by atoms with Gasteiger partial charge in [-0.3, -0.25) is 9.78 Å². The topological polar surface area (TPSA) is 179 Å². The molecule has 14 heteroatoms. The number of unbranched alkanes of at least 4 members (excludes halogenated alkanes) is 6. The summed E-state index contributed by atoms with van der Waals surface area (Å²) in [7, 11) is 0. The number of carbonyl (C=O) groups is 5. The van der Waals surface area contributed by atoms with Crippen LogP contribution in [0.3, 0.4) is 0 Å². The number of carboxylic acid groups (broad SMARTS) is 1. The second-order valence-electron chi connectivity index (χ2n) is 11.2. The summed E-state index contributed by atoms with van der Waals surface area (Å²) in [5, 5.41) is 9.70. The third-order valence-electron chi connectivity index (χ3n) is 7.22. The van der Waals surface area contributed by atoms with Gasteiger partial charge in [0, 0.05) is 12.2 Å². The minimum atomic E-state index is -1.49. The maximum Gasteiger partial charge on any atom is 0.387 e. The predicted molar refractivity (Wildman–Crippen MR) is 189 cm³/mol. The number of hydrogen-bond acceptors (Lipinski definition) is 13. The lowest BCUT2D eigenvalue weighted by Crippen LogP contribution is -2.16. The molecule has 3 aromatic rings. The first-order chi connectivity index (χ1) is 25.7. The quantitative estimate of drug-likeness (QED) is 0.0308. The van der Waals surface area contributed by atoms with Crippen molar-refractivity contribution in [1.29, 1.82) is 0 Å². The van der Waals surface area contributed by atoms with Gasteiger partial charge in [0.1, 0.15) is 11.5 Å². The first kappa shape index (κ1) is 41.1. The lowest BCUT2D eigenvalue weighted by molar-refractivity contribution is -0.150. The second kappa shape index (κ2) is 23.2. The summed E-state index contributed by atoms with van der Waals surface area (Å²) < 4.78 is 21.2. The Morgan fingerprint density at radius 2 is 0.925 bits per heavy atom. The van der Waals surface area contributed by atoms with E-state index in [4.69, 9.17) is 38.5 Å². The van der Waals surface area contributed by atoms with Crippen molar-refractivity contribution in [1.82, 2.24) is 0 Å². The van der Waals surface area contributed by atoms with Gasteiger partial charge in [0.2, 0.25) is 0 Å². The zero-order valence-electron chi connectivity index (χ0n) is 29.2. The summed E-state index contributed by atoms with van der Waals surface area (Å²) in [5.74, 6) is -2.98. The molecule has 1 N–H and O–H groups in total. The van der Waals surface area contributed by atoms with Gasteiger partial charge in [-0.2, -0.15) is 0 Å². The van der Waals surface area contributed by atoms with Gasteiger partial charge in [-0.1, -0.05) is 13.2 Å². The molecule has 0 aliphatic rings. The monoisotopic (exact) mass is 734 g/mol. The van der Waals surface area contributed by atoms with E-state index in [0.717, 1.165) is 75.7 Å². The van der Waals surface area contributed by atoms with Crippen LogP contribution in [0.25, 0.3) is 0 Å². The zero-order valence-corrected chi connectivity index (χ0v) is 29.2. The lowest BCUT2D eigenvalue weighted by Gasteiger charge is -2.10. The molecule has 0 aliphatic heterocycles. The zero-order chi connectivity index (χ0) is 38.3. The molecule has 0 radical (unpaired) electrons. The molecule has 0 atom stereocenters. The Hall–Kier alpha value is -6.31. The van der Waals surface area contributed by atoms with Crippen LogP contribution in [0.2, 0.25) is 0 Å². The number of esters is 2. The summed E-state index contributed by atoms with van der Waals surface area (Å²) in [6.45, 7) is 8.34. The molecule has 0 heterocycles. The van der Waals surface area contributed by atoms with Crippen molar-refractivity contribution in [2.75, 3.05) is 26.4 Å². The Morgan fingerprint density at radius 1 is 0.509 bits per heavy atom. The highest BCUT2D eigenvalue weighted by Gasteiger charge is 2.23. The summed E-state index contributed by atoms with van der Waals surface area (Å²) in [6, 6.07) is 15.8. The van der Waals surface area contributed by atoms with E-state index in [1.807, 2.05) is 0 Å². The van der Waals surface area contributed by atoms with Crippen molar-refractivity contribution < 1.29 is 67.6 Å². The van der Waals surface area contributed by atoms with Gasteiger partial charge in [-0.25, -0.2) is 33.7 Å². The minimum Gasteiger partial charge on any atom is -0.494 e. The van der Waals surface area contributed by atoms with Crippen molar-refractivity contribution in [2.24, 2.45) is 0 Å². The molecule has 0 unspecified atom stereocenters. The number of hydrogen-bond donors (Lipinski definition) is 1. The number of benzene rings is 3. The summed E-state index contributed by atoms with van der Waals surface area (Å²) in [6.07, 6.45) is 8.93. The van der Waals surface area contributed by atoms with Gasteiger partial charge < -0.3 is 24.1 Å². The van der Waals surface area contributed by atoms with Crippen LogP contribution in [0.1, 0.15) is 82.4 Å². The molecule has 14 nitrogen and oxygen atoms in total. The third kappa shape index (κ3) is 15.6. The van der Waals surface area contributed by atoms with Crippen LogP contribution < -0.4 is 19.2 Å². The molecule has 53 heavy (non-hydrogen) atoms. The van der Waals surface area contributed by atoms with E-state index in [0.29, 0.717) is 37.9 Å². The van der Waals surface area contributed by atoms with Crippen molar-refractivity contribution >= 4 is 29.8 Å². The van der Waals surface area contributed by atoms with E-state index in [9.17, 15) is 29.1 Å². The average molecular weight is 735 g/mol. The first-order valence-electron chi connectivity index (χ1n) is 16.9.